The number of amides is 1. The fourth-order valence-corrected chi connectivity index (χ4v) is 1.78. The molecule has 0 spiro atoms. The Hall–Kier alpha value is -1.35. The fourth-order valence-electron chi connectivity index (χ4n) is 1.78. The molecule has 0 unspecified atom stereocenters. The summed E-state index contributed by atoms with van der Waals surface area (Å²) in [5, 5.41) is 1.37. The van der Waals surface area contributed by atoms with Gasteiger partial charge in [-0.05, 0) is 36.0 Å². The predicted octanol–water partition coefficient (Wildman–Crippen LogP) is 2.46. The van der Waals surface area contributed by atoms with Crippen LogP contribution in [0, 0.1) is 0 Å². The van der Waals surface area contributed by atoms with E-state index in [0.717, 1.165) is 12.8 Å². The van der Waals surface area contributed by atoms with E-state index >= 15 is 0 Å². The van der Waals surface area contributed by atoms with Crippen LogP contribution in [0.4, 0.5) is 0 Å². The maximum atomic E-state index is 12.0. The molecular formula is C14H20N2O. The van der Waals surface area contributed by atoms with Gasteiger partial charge in [0.1, 0.15) is 0 Å². The molecule has 17 heavy (non-hydrogen) atoms. The van der Waals surface area contributed by atoms with Crippen LogP contribution in [0.15, 0.2) is 24.3 Å². The summed E-state index contributed by atoms with van der Waals surface area (Å²) in [4.78, 5) is 12.0. The molecule has 0 aliphatic heterocycles. The number of nitrogens with two attached hydrogens (primary N) is 1. The van der Waals surface area contributed by atoms with Gasteiger partial charge in [0, 0.05) is 11.6 Å². The zero-order valence-electron chi connectivity index (χ0n) is 10.7. The van der Waals surface area contributed by atoms with Crippen molar-refractivity contribution in [3.63, 3.8) is 0 Å². The second-order valence-corrected chi connectivity index (χ2v) is 5.77. The van der Waals surface area contributed by atoms with Gasteiger partial charge in [-0.3, -0.25) is 9.80 Å². The molecular weight excluding hydrogens is 212 g/mol. The quantitative estimate of drug-likeness (QED) is 0.483. The predicted molar refractivity (Wildman–Crippen MR) is 68.5 cm³/mol. The van der Waals surface area contributed by atoms with Crippen molar-refractivity contribution < 1.29 is 4.79 Å². The highest BCUT2D eigenvalue weighted by molar-refractivity contribution is 5.94. The standard InChI is InChI=1S/C14H20N2O/c1-14(2,3)11-6-4-10(5-7-11)13(17)16(15)12-8-9-12/h4-7,12H,8-9,15H2,1-3H3. The molecule has 0 bridgehead atoms. The average Bonchev–Trinajstić information content (AvgIpc) is 3.10. The first kappa shape index (κ1) is 12.1. The van der Waals surface area contributed by atoms with Gasteiger partial charge in [-0.2, -0.15) is 0 Å². The van der Waals surface area contributed by atoms with Crippen LogP contribution in [0.1, 0.15) is 49.5 Å². The topological polar surface area (TPSA) is 46.3 Å². The minimum atomic E-state index is -0.0760. The monoisotopic (exact) mass is 232 g/mol. The lowest BCUT2D eigenvalue weighted by Crippen LogP contribution is -2.39. The summed E-state index contributed by atoms with van der Waals surface area (Å²) < 4.78 is 0. The number of hydrazine groups is 1. The van der Waals surface area contributed by atoms with Gasteiger partial charge in [-0.15, -0.1) is 0 Å². The second-order valence-electron chi connectivity index (χ2n) is 5.77. The van der Waals surface area contributed by atoms with Crippen LogP contribution in [0.2, 0.25) is 0 Å². The molecule has 1 fully saturated rings. The fraction of sp³-hybridized carbons (Fsp3) is 0.500. The molecule has 92 valence electrons. The minimum Gasteiger partial charge on any atom is -0.274 e. The highest BCUT2D eigenvalue weighted by Gasteiger charge is 2.31. The first-order chi connectivity index (χ1) is 7.89. The van der Waals surface area contributed by atoms with Crippen molar-refractivity contribution in [1.29, 1.82) is 0 Å². The van der Waals surface area contributed by atoms with Crippen LogP contribution in [-0.2, 0) is 5.41 Å². The number of carbonyl (C=O) groups excluding carboxylic acids is 1. The summed E-state index contributed by atoms with van der Waals surface area (Å²) >= 11 is 0. The highest BCUT2D eigenvalue weighted by Crippen LogP contribution is 2.26. The van der Waals surface area contributed by atoms with Crippen molar-refractivity contribution in [1.82, 2.24) is 5.01 Å². The maximum Gasteiger partial charge on any atom is 0.268 e. The summed E-state index contributed by atoms with van der Waals surface area (Å²) in [7, 11) is 0. The lowest BCUT2D eigenvalue weighted by molar-refractivity contribution is 0.0743. The van der Waals surface area contributed by atoms with E-state index in [9.17, 15) is 4.79 Å². The van der Waals surface area contributed by atoms with Gasteiger partial charge in [0.15, 0.2) is 0 Å². The molecule has 1 aromatic carbocycles. The number of benzene rings is 1. The van der Waals surface area contributed by atoms with Gasteiger partial charge in [0.25, 0.3) is 5.91 Å². The Morgan fingerprint density at radius 2 is 1.76 bits per heavy atom. The van der Waals surface area contributed by atoms with Crippen molar-refractivity contribution in [2.45, 2.75) is 45.1 Å². The maximum absolute atomic E-state index is 12.0. The van der Waals surface area contributed by atoms with Gasteiger partial charge >= 0.3 is 0 Å². The van der Waals surface area contributed by atoms with E-state index in [1.54, 1.807) is 0 Å². The second kappa shape index (κ2) is 4.15. The SMILES string of the molecule is CC(C)(C)c1ccc(C(=O)N(N)C2CC2)cc1. The number of hydrogen-bond acceptors (Lipinski definition) is 2. The van der Waals surface area contributed by atoms with E-state index in [1.165, 1.54) is 10.6 Å². The van der Waals surface area contributed by atoms with Crippen molar-refractivity contribution in [2.75, 3.05) is 0 Å². The lowest BCUT2D eigenvalue weighted by atomic mass is 9.86. The van der Waals surface area contributed by atoms with Crippen LogP contribution < -0.4 is 5.84 Å². The molecule has 1 amide bonds. The van der Waals surface area contributed by atoms with Crippen LogP contribution >= 0.6 is 0 Å². The first-order valence-corrected chi connectivity index (χ1v) is 6.08. The summed E-state index contributed by atoms with van der Waals surface area (Å²) in [6.07, 6.45) is 2.06. The van der Waals surface area contributed by atoms with Gasteiger partial charge in [-0.1, -0.05) is 32.9 Å². The molecule has 0 saturated heterocycles. The van der Waals surface area contributed by atoms with Crippen molar-refractivity contribution in [3.8, 4) is 0 Å². The van der Waals surface area contributed by atoms with E-state index in [0.29, 0.717) is 5.56 Å². The highest BCUT2D eigenvalue weighted by atomic mass is 16.2. The Kier molecular flexibility index (Phi) is 2.96. The van der Waals surface area contributed by atoms with E-state index in [2.05, 4.69) is 20.8 Å². The van der Waals surface area contributed by atoms with Crippen LogP contribution in [0.3, 0.4) is 0 Å². The van der Waals surface area contributed by atoms with Crippen LogP contribution in [0.25, 0.3) is 0 Å². The molecule has 1 aliphatic carbocycles. The Morgan fingerprint density at radius 3 is 2.18 bits per heavy atom. The molecule has 0 heterocycles. The minimum absolute atomic E-state index is 0.0760. The molecule has 3 heteroatoms. The lowest BCUT2D eigenvalue weighted by Gasteiger charge is -2.20. The molecule has 0 atom stereocenters. The summed E-state index contributed by atoms with van der Waals surface area (Å²) in [5.41, 5.74) is 2.01. The Bertz CT molecular complexity index is 413. The molecule has 0 radical (unpaired) electrons. The van der Waals surface area contributed by atoms with Crippen molar-refractivity contribution in [2.24, 2.45) is 5.84 Å². The molecule has 3 nitrogen and oxygen atoms in total. The zero-order valence-corrected chi connectivity index (χ0v) is 10.7. The Balaban J connectivity index is 2.14. The Labute approximate surface area is 103 Å². The third-order valence-corrected chi connectivity index (χ3v) is 3.17. The zero-order chi connectivity index (χ0) is 12.6. The molecule has 2 rings (SSSR count). The van der Waals surface area contributed by atoms with Crippen molar-refractivity contribution >= 4 is 5.91 Å². The number of carbonyl (C=O) groups is 1. The molecule has 2 N–H and O–H groups in total. The molecule has 1 saturated carbocycles. The average molecular weight is 232 g/mol. The number of rotatable bonds is 2. The summed E-state index contributed by atoms with van der Waals surface area (Å²) in [5.74, 6) is 5.69. The molecule has 0 aromatic heterocycles. The van der Waals surface area contributed by atoms with E-state index in [-0.39, 0.29) is 17.4 Å². The first-order valence-electron chi connectivity index (χ1n) is 6.08. The van der Waals surface area contributed by atoms with E-state index in [1.807, 2.05) is 24.3 Å². The van der Waals surface area contributed by atoms with Crippen LogP contribution in [-0.4, -0.2) is 17.0 Å². The summed E-state index contributed by atoms with van der Waals surface area (Å²) in [6.45, 7) is 6.47. The number of nitrogens with zero attached hydrogens (tertiary/aromatic N) is 1. The Morgan fingerprint density at radius 1 is 1.24 bits per heavy atom. The van der Waals surface area contributed by atoms with Gasteiger partial charge in [0.05, 0.1) is 0 Å². The van der Waals surface area contributed by atoms with Crippen LogP contribution in [0.5, 0.6) is 0 Å². The largest absolute Gasteiger partial charge is 0.274 e. The van der Waals surface area contributed by atoms with Crippen molar-refractivity contribution in [3.05, 3.63) is 35.4 Å². The third-order valence-electron chi connectivity index (χ3n) is 3.17. The van der Waals surface area contributed by atoms with Gasteiger partial charge in [0.2, 0.25) is 0 Å². The van der Waals surface area contributed by atoms with E-state index in [4.69, 9.17) is 5.84 Å². The summed E-state index contributed by atoms with van der Waals surface area (Å²) in [6, 6.07) is 8.00. The van der Waals surface area contributed by atoms with Gasteiger partial charge in [-0.25, -0.2) is 5.84 Å². The normalized spacial score (nSPS) is 15.8. The number of hydrogen-bond donors (Lipinski definition) is 1. The third kappa shape index (κ3) is 2.67. The van der Waals surface area contributed by atoms with Gasteiger partial charge < -0.3 is 0 Å². The molecule has 1 aromatic rings. The van der Waals surface area contributed by atoms with E-state index < -0.39 is 0 Å². The molecule has 1 aliphatic rings. The smallest absolute Gasteiger partial charge is 0.268 e.